The molecule has 5 nitrogen and oxygen atoms in total. The third-order valence-electron chi connectivity index (χ3n) is 5.43. The van der Waals surface area contributed by atoms with Crippen LogP contribution in [0.3, 0.4) is 0 Å². The molecule has 2 amide bonds. The highest BCUT2D eigenvalue weighted by Crippen LogP contribution is 2.46. The fourth-order valence-corrected chi connectivity index (χ4v) is 3.72. The van der Waals surface area contributed by atoms with Crippen LogP contribution < -0.4 is 10.1 Å². The molecular formula is C22H27N3O2. The minimum Gasteiger partial charge on any atom is -0.487 e. The van der Waals surface area contributed by atoms with Crippen molar-refractivity contribution in [3.63, 3.8) is 0 Å². The average molecular weight is 365 g/mol. The van der Waals surface area contributed by atoms with Gasteiger partial charge in [-0.2, -0.15) is 0 Å². The first-order valence-electron chi connectivity index (χ1n) is 9.83. The van der Waals surface area contributed by atoms with Crippen LogP contribution in [0.15, 0.2) is 48.7 Å². The van der Waals surface area contributed by atoms with Gasteiger partial charge in [0.15, 0.2) is 0 Å². The van der Waals surface area contributed by atoms with Crippen molar-refractivity contribution in [3.05, 3.63) is 59.9 Å². The molecule has 0 unspecified atom stereocenters. The Morgan fingerprint density at radius 2 is 1.96 bits per heavy atom. The molecule has 142 valence electrons. The fourth-order valence-electron chi connectivity index (χ4n) is 3.72. The predicted molar refractivity (Wildman–Crippen MR) is 104 cm³/mol. The van der Waals surface area contributed by atoms with Crippen LogP contribution in [0.25, 0.3) is 0 Å². The zero-order chi connectivity index (χ0) is 18.6. The van der Waals surface area contributed by atoms with Crippen molar-refractivity contribution < 1.29 is 9.53 Å². The van der Waals surface area contributed by atoms with Gasteiger partial charge in [0.25, 0.3) is 0 Å². The summed E-state index contributed by atoms with van der Waals surface area (Å²) in [7, 11) is 1.95. The maximum atomic E-state index is 12.6. The van der Waals surface area contributed by atoms with Gasteiger partial charge in [0.1, 0.15) is 12.4 Å². The molecule has 0 saturated heterocycles. The molecule has 1 aromatic carbocycles. The zero-order valence-electron chi connectivity index (χ0n) is 15.8. The van der Waals surface area contributed by atoms with Gasteiger partial charge in [0.2, 0.25) is 0 Å². The molecule has 1 aromatic heterocycles. The number of rotatable bonds is 8. The molecule has 4 rings (SSSR count). The van der Waals surface area contributed by atoms with E-state index in [-0.39, 0.29) is 6.03 Å². The minimum absolute atomic E-state index is 0.0265. The van der Waals surface area contributed by atoms with Crippen molar-refractivity contribution in [1.82, 2.24) is 15.2 Å². The number of benzene rings is 1. The van der Waals surface area contributed by atoms with Crippen LogP contribution in [0.5, 0.6) is 5.75 Å². The molecule has 0 atom stereocenters. The maximum Gasteiger partial charge on any atom is 0.317 e. The third kappa shape index (κ3) is 4.79. The van der Waals surface area contributed by atoms with Gasteiger partial charge >= 0.3 is 6.03 Å². The molecule has 5 heteroatoms. The molecule has 27 heavy (non-hydrogen) atoms. The number of pyridine rings is 1. The first kappa shape index (κ1) is 17.8. The van der Waals surface area contributed by atoms with E-state index in [0.717, 1.165) is 28.8 Å². The van der Waals surface area contributed by atoms with Crippen LogP contribution in [-0.2, 0) is 13.2 Å². The highest BCUT2D eigenvalue weighted by molar-refractivity contribution is 5.74. The first-order chi connectivity index (χ1) is 13.2. The van der Waals surface area contributed by atoms with Crippen LogP contribution >= 0.6 is 0 Å². The second kappa shape index (κ2) is 7.99. The Morgan fingerprint density at radius 3 is 2.63 bits per heavy atom. The number of carbonyl (C=O) groups is 1. The number of urea groups is 1. The summed E-state index contributed by atoms with van der Waals surface area (Å²) in [6, 6.07) is 14.1. The van der Waals surface area contributed by atoms with E-state index in [1.54, 1.807) is 6.20 Å². The number of nitrogens with zero attached hydrogens (tertiary/aromatic N) is 2. The fraction of sp³-hybridized carbons (Fsp3) is 0.455. The van der Waals surface area contributed by atoms with E-state index in [1.165, 1.54) is 25.7 Å². The SMILES string of the molecule is CN(C(=O)NCc1cccc(OCc2ccccn2)c1)C(C1CC1)C1CC1. The van der Waals surface area contributed by atoms with Gasteiger partial charge in [-0.15, -0.1) is 0 Å². The van der Waals surface area contributed by atoms with Crippen LogP contribution in [0, 0.1) is 11.8 Å². The smallest absolute Gasteiger partial charge is 0.317 e. The Kier molecular flexibility index (Phi) is 5.28. The summed E-state index contributed by atoms with van der Waals surface area (Å²) in [5.41, 5.74) is 1.92. The number of hydrogen-bond donors (Lipinski definition) is 1. The molecule has 0 aliphatic heterocycles. The van der Waals surface area contributed by atoms with E-state index in [9.17, 15) is 4.79 Å². The largest absolute Gasteiger partial charge is 0.487 e. The number of carbonyl (C=O) groups excluding carboxylic acids is 1. The topological polar surface area (TPSA) is 54.5 Å². The predicted octanol–water partition coefficient (Wildman–Crippen LogP) is 3.99. The summed E-state index contributed by atoms with van der Waals surface area (Å²) >= 11 is 0. The van der Waals surface area contributed by atoms with E-state index in [4.69, 9.17) is 4.74 Å². The molecule has 2 aliphatic rings. The zero-order valence-corrected chi connectivity index (χ0v) is 15.8. The van der Waals surface area contributed by atoms with Gasteiger partial charge in [0, 0.05) is 25.8 Å². The highest BCUT2D eigenvalue weighted by atomic mass is 16.5. The van der Waals surface area contributed by atoms with Gasteiger partial charge in [-0.25, -0.2) is 4.79 Å². The third-order valence-corrected chi connectivity index (χ3v) is 5.43. The van der Waals surface area contributed by atoms with Gasteiger partial charge < -0.3 is 15.0 Å². The van der Waals surface area contributed by atoms with E-state index in [2.05, 4.69) is 10.3 Å². The summed E-state index contributed by atoms with van der Waals surface area (Å²) in [6.45, 7) is 0.940. The van der Waals surface area contributed by atoms with Gasteiger partial charge in [-0.3, -0.25) is 4.98 Å². The Morgan fingerprint density at radius 1 is 1.19 bits per heavy atom. The monoisotopic (exact) mass is 365 g/mol. The van der Waals surface area contributed by atoms with Crippen molar-refractivity contribution in [2.75, 3.05) is 7.05 Å². The lowest BCUT2D eigenvalue weighted by Crippen LogP contribution is -2.45. The number of hydrogen-bond acceptors (Lipinski definition) is 3. The summed E-state index contributed by atoms with van der Waals surface area (Å²) in [6.07, 6.45) is 6.85. The molecule has 1 heterocycles. The number of ether oxygens (including phenoxy) is 1. The minimum atomic E-state index is 0.0265. The summed E-state index contributed by atoms with van der Waals surface area (Å²) < 4.78 is 5.82. The van der Waals surface area contributed by atoms with E-state index in [1.807, 2.05) is 54.4 Å². The molecule has 0 bridgehead atoms. The van der Waals surface area contributed by atoms with Gasteiger partial charge in [-0.05, 0) is 67.3 Å². The highest BCUT2D eigenvalue weighted by Gasteiger charge is 2.44. The number of amides is 2. The standard InChI is InChI=1S/C22H27N3O2/c1-25(21(17-8-9-17)18-10-11-18)22(26)24-14-16-5-4-7-20(13-16)27-15-19-6-2-3-12-23-19/h2-7,12-13,17-18,21H,8-11,14-15H2,1H3,(H,24,26). The van der Waals surface area contributed by atoms with Gasteiger partial charge in [0.05, 0.1) is 5.69 Å². The molecule has 2 saturated carbocycles. The number of nitrogens with one attached hydrogen (secondary N) is 1. The second-order valence-electron chi connectivity index (χ2n) is 7.69. The lowest BCUT2D eigenvalue weighted by molar-refractivity contribution is 0.173. The molecule has 0 spiro atoms. The van der Waals surface area contributed by atoms with E-state index in [0.29, 0.717) is 19.2 Å². The van der Waals surface area contributed by atoms with Crippen LogP contribution in [0.1, 0.15) is 36.9 Å². The van der Waals surface area contributed by atoms with Crippen LogP contribution in [-0.4, -0.2) is 29.0 Å². The lowest BCUT2D eigenvalue weighted by Gasteiger charge is -2.28. The first-order valence-corrected chi connectivity index (χ1v) is 9.83. The van der Waals surface area contributed by atoms with Crippen molar-refractivity contribution in [1.29, 1.82) is 0 Å². The van der Waals surface area contributed by atoms with Crippen molar-refractivity contribution >= 4 is 6.03 Å². The van der Waals surface area contributed by atoms with Crippen LogP contribution in [0.2, 0.25) is 0 Å². The Hall–Kier alpha value is -2.56. The second-order valence-corrected chi connectivity index (χ2v) is 7.69. The molecule has 2 fully saturated rings. The summed E-state index contributed by atoms with van der Waals surface area (Å²) in [5.74, 6) is 2.22. The van der Waals surface area contributed by atoms with Crippen molar-refractivity contribution in [2.24, 2.45) is 11.8 Å². The van der Waals surface area contributed by atoms with Gasteiger partial charge in [-0.1, -0.05) is 18.2 Å². The lowest BCUT2D eigenvalue weighted by atomic mass is 10.1. The molecular weight excluding hydrogens is 338 g/mol. The van der Waals surface area contributed by atoms with E-state index >= 15 is 0 Å². The summed E-state index contributed by atoms with van der Waals surface area (Å²) in [5, 5.41) is 3.06. The molecule has 2 aliphatic carbocycles. The quantitative estimate of drug-likeness (QED) is 0.769. The summed E-state index contributed by atoms with van der Waals surface area (Å²) in [4.78, 5) is 18.8. The normalized spacial score (nSPS) is 16.2. The maximum absolute atomic E-state index is 12.6. The average Bonchev–Trinajstić information content (AvgIpc) is 3.61. The Labute approximate surface area is 160 Å². The molecule has 0 radical (unpaired) electrons. The Balaban J connectivity index is 1.29. The van der Waals surface area contributed by atoms with Crippen molar-refractivity contribution in [3.8, 4) is 5.75 Å². The van der Waals surface area contributed by atoms with E-state index < -0.39 is 0 Å². The number of aromatic nitrogens is 1. The van der Waals surface area contributed by atoms with Crippen LogP contribution in [0.4, 0.5) is 4.79 Å². The molecule has 2 aromatic rings. The molecule has 1 N–H and O–H groups in total. The Bertz CT molecular complexity index is 760. The van der Waals surface area contributed by atoms with Crippen molar-refractivity contribution in [2.45, 2.75) is 44.9 Å².